The predicted octanol–water partition coefficient (Wildman–Crippen LogP) is -1.35. The van der Waals surface area contributed by atoms with Crippen molar-refractivity contribution in [1.29, 1.82) is 0 Å². The second-order valence-corrected chi connectivity index (χ2v) is 4.20. The number of carbonyl (C=O) groups excluding carboxylic acids is 2. The molecule has 0 aromatic rings. The number of primary amides is 1. The molecule has 0 aromatic carbocycles. The third-order valence-electron chi connectivity index (χ3n) is 2.81. The molecular weight excluding hydrogens is 226 g/mol. The van der Waals surface area contributed by atoms with E-state index >= 15 is 0 Å². The summed E-state index contributed by atoms with van der Waals surface area (Å²) in [7, 11) is 0. The van der Waals surface area contributed by atoms with Crippen molar-refractivity contribution in [3.05, 3.63) is 0 Å². The maximum atomic E-state index is 11.9. The fourth-order valence-corrected chi connectivity index (χ4v) is 2.06. The molecule has 0 radical (unpaired) electrons. The quantitative estimate of drug-likeness (QED) is 0.550. The molecule has 0 spiro atoms. The Morgan fingerprint density at radius 1 is 1.41 bits per heavy atom. The first-order valence-electron chi connectivity index (χ1n) is 5.48. The molecule has 96 valence electrons. The first-order chi connectivity index (χ1) is 7.91. The zero-order valence-corrected chi connectivity index (χ0v) is 9.46. The number of carbonyl (C=O) groups is 3. The Morgan fingerprint density at radius 2 is 2.06 bits per heavy atom. The van der Waals surface area contributed by atoms with Crippen molar-refractivity contribution in [3.8, 4) is 0 Å². The molecule has 2 unspecified atom stereocenters. The Hall–Kier alpha value is -1.63. The molecule has 5 N–H and O–H groups in total. The van der Waals surface area contributed by atoms with Crippen LogP contribution in [0.25, 0.3) is 0 Å². The summed E-state index contributed by atoms with van der Waals surface area (Å²) in [5.74, 6) is -1.98. The van der Waals surface area contributed by atoms with Gasteiger partial charge in [-0.15, -0.1) is 0 Å². The van der Waals surface area contributed by atoms with Gasteiger partial charge in [-0.1, -0.05) is 0 Å². The number of nitrogens with two attached hydrogens (primary N) is 2. The Bertz CT molecular complexity index is 332. The summed E-state index contributed by atoms with van der Waals surface area (Å²) < 4.78 is 0. The Kier molecular flexibility index (Phi) is 4.45. The van der Waals surface area contributed by atoms with Gasteiger partial charge in [-0.2, -0.15) is 0 Å². The third kappa shape index (κ3) is 3.70. The van der Waals surface area contributed by atoms with Crippen LogP contribution in [0.5, 0.6) is 0 Å². The molecule has 0 aromatic heterocycles. The first kappa shape index (κ1) is 13.4. The van der Waals surface area contributed by atoms with Crippen LogP contribution in [0.1, 0.15) is 25.7 Å². The van der Waals surface area contributed by atoms with Crippen LogP contribution in [0.2, 0.25) is 0 Å². The largest absolute Gasteiger partial charge is 0.481 e. The topological polar surface area (TPSA) is 127 Å². The number of nitrogens with zero attached hydrogens (tertiary/aromatic N) is 1. The van der Waals surface area contributed by atoms with E-state index in [1.807, 2.05) is 0 Å². The predicted molar refractivity (Wildman–Crippen MR) is 58.8 cm³/mol. The Morgan fingerprint density at radius 3 is 2.59 bits per heavy atom. The summed E-state index contributed by atoms with van der Waals surface area (Å²) in [6.07, 6.45) is 1.11. The number of rotatable bonds is 5. The highest BCUT2D eigenvalue weighted by Gasteiger charge is 2.33. The summed E-state index contributed by atoms with van der Waals surface area (Å²) in [5, 5.41) is 8.71. The maximum Gasteiger partial charge on any atom is 0.305 e. The molecule has 2 amide bonds. The van der Waals surface area contributed by atoms with E-state index in [4.69, 9.17) is 16.6 Å². The molecular formula is C10H17N3O4. The standard InChI is InChI=1S/C10H17N3O4/c11-7(5-8(12)14)10(17)13-3-1-2-6(13)4-9(15)16/h6-7H,1-5,11H2,(H2,12,14)(H,15,16). The minimum absolute atomic E-state index is 0.0883. The highest BCUT2D eigenvalue weighted by Crippen LogP contribution is 2.21. The van der Waals surface area contributed by atoms with Crippen molar-refractivity contribution < 1.29 is 19.5 Å². The highest BCUT2D eigenvalue weighted by atomic mass is 16.4. The van der Waals surface area contributed by atoms with E-state index in [1.54, 1.807) is 0 Å². The molecule has 1 rings (SSSR count). The SMILES string of the molecule is NC(=O)CC(N)C(=O)N1CCCC1CC(=O)O. The number of aliphatic carboxylic acids is 1. The van der Waals surface area contributed by atoms with Gasteiger partial charge >= 0.3 is 5.97 Å². The van der Waals surface area contributed by atoms with Crippen LogP contribution in [-0.2, 0) is 14.4 Å². The van der Waals surface area contributed by atoms with E-state index in [0.717, 1.165) is 6.42 Å². The van der Waals surface area contributed by atoms with E-state index in [9.17, 15) is 14.4 Å². The van der Waals surface area contributed by atoms with E-state index in [-0.39, 0.29) is 18.9 Å². The van der Waals surface area contributed by atoms with Gasteiger partial charge < -0.3 is 21.5 Å². The van der Waals surface area contributed by atoms with Gasteiger partial charge in [0.1, 0.15) is 0 Å². The van der Waals surface area contributed by atoms with Gasteiger partial charge in [0.05, 0.1) is 18.9 Å². The second-order valence-electron chi connectivity index (χ2n) is 4.20. The normalized spacial score (nSPS) is 21.2. The Labute approximate surface area is 98.7 Å². The van der Waals surface area contributed by atoms with Crippen LogP contribution < -0.4 is 11.5 Å². The lowest BCUT2D eigenvalue weighted by Crippen LogP contribution is -2.47. The average molecular weight is 243 g/mol. The second kappa shape index (κ2) is 5.62. The van der Waals surface area contributed by atoms with Crippen molar-refractivity contribution in [2.24, 2.45) is 11.5 Å². The minimum atomic E-state index is -0.970. The lowest BCUT2D eigenvalue weighted by molar-refractivity contribution is -0.141. The van der Waals surface area contributed by atoms with Crippen molar-refractivity contribution in [2.45, 2.75) is 37.8 Å². The monoisotopic (exact) mass is 243 g/mol. The molecule has 1 aliphatic heterocycles. The number of hydrogen-bond acceptors (Lipinski definition) is 4. The molecule has 0 bridgehead atoms. The fraction of sp³-hybridized carbons (Fsp3) is 0.700. The average Bonchev–Trinajstić information content (AvgIpc) is 2.62. The van der Waals surface area contributed by atoms with Crippen LogP contribution in [0.4, 0.5) is 0 Å². The smallest absolute Gasteiger partial charge is 0.305 e. The van der Waals surface area contributed by atoms with Crippen molar-refractivity contribution in [1.82, 2.24) is 4.90 Å². The van der Waals surface area contributed by atoms with Crippen LogP contribution in [0.15, 0.2) is 0 Å². The molecule has 2 atom stereocenters. The highest BCUT2D eigenvalue weighted by molar-refractivity contribution is 5.88. The number of likely N-dealkylation sites (tertiary alicyclic amines) is 1. The van der Waals surface area contributed by atoms with E-state index in [1.165, 1.54) is 4.90 Å². The first-order valence-corrected chi connectivity index (χ1v) is 5.48. The summed E-state index contributed by atoms with van der Waals surface area (Å²) in [5.41, 5.74) is 10.5. The van der Waals surface area contributed by atoms with Crippen LogP contribution in [0, 0.1) is 0 Å². The summed E-state index contributed by atoms with van der Waals surface area (Å²) >= 11 is 0. The van der Waals surface area contributed by atoms with Crippen molar-refractivity contribution >= 4 is 17.8 Å². The number of amides is 2. The van der Waals surface area contributed by atoms with Crippen LogP contribution in [0.3, 0.4) is 0 Å². The molecule has 1 aliphatic rings. The van der Waals surface area contributed by atoms with E-state index in [2.05, 4.69) is 0 Å². The lowest BCUT2D eigenvalue weighted by Gasteiger charge is -2.26. The van der Waals surface area contributed by atoms with Crippen LogP contribution in [-0.4, -0.2) is 46.4 Å². The molecule has 7 nitrogen and oxygen atoms in total. The third-order valence-corrected chi connectivity index (χ3v) is 2.81. The van der Waals surface area contributed by atoms with Gasteiger partial charge in [0, 0.05) is 12.6 Å². The zero-order valence-electron chi connectivity index (χ0n) is 9.46. The zero-order chi connectivity index (χ0) is 13.0. The molecule has 0 aliphatic carbocycles. The molecule has 17 heavy (non-hydrogen) atoms. The number of hydrogen-bond donors (Lipinski definition) is 3. The van der Waals surface area contributed by atoms with Gasteiger partial charge in [0.25, 0.3) is 0 Å². The van der Waals surface area contributed by atoms with Gasteiger partial charge in [0.2, 0.25) is 11.8 Å². The molecule has 1 saturated heterocycles. The Balaban J connectivity index is 2.60. The number of carboxylic acid groups (broad SMARTS) is 1. The fourth-order valence-electron chi connectivity index (χ4n) is 2.06. The summed E-state index contributed by atoms with van der Waals surface area (Å²) in [4.78, 5) is 34.6. The maximum absolute atomic E-state index is 11.9. The summed E-state index contributed by atoms with van der Waals surface area (Å²) in [6, 6.07) is -1.29. The number of carboxylic acids is 1. The molecule has 1 heterocycles. The van der Waals surface area contributed by atoms with E-state index < -0.39 is 23.8 Å². The molecule has 1 fully saturated rings. The summed E-state index contributed by atoms with van der Waals surface area (Å²) in [6.45, 7) is 0.489. The van der Waals surface area contributed by atoms with Gasteiger partial charge in [0.15, 0.2) is 0 Å². The minimum Gasteiger partial charge on any atom is -0.481 e. The lowest BCUT2D eigenvalue weighted by atomic mass is 10.1. The van der Waals surface area contributed by atoms with Gasteiger partial charge in [-0.25, -0.2) is 0 Å². The van der Waals surface area contributed by atoms with Crippen LogP contribution >= 0.6 is 0 Å². The van der Waals surface area contributed by atoms with E-state index in [0.29, 0.717) is 13.0 Å². The molecule has 7 heteroatoms. The van der Waals surface area contributed by atoms with Crippen molar-refractivity contribution in [3.63, 3.8) is 0 Å². The van der Waals surface area contributed by atoms with Gasteiger partial charge in [-0.05, 0) is 12.8 Å². The molecule has 0 saturated carbocycles. The van der Waals surface area contributed by atoms with Crippen molar-refractivity contribution in [2.75, 3.05) is 6.54 Å². The van der Waals surface area contributed by atoms with Gasteiger partial charge in [-0.3, -0.25) is 14.4 Å².